The Morgan fingerprint density at radius 3 is 2.44 bits per heavy atom. The quantitative estimate of drug-likeness (QED) is 0.872. The molecule has 0 fully saturated rings. The SMILES string of the molecule is Cc1cccc(CC(=O)Nc2ccccc2)c1C. The molecule has 2 rings (SSSR count). The molecule has 0 aliphatic carbocycles. The normalized spacial score (nSPS) is 10.1. The predicted molar refractivity (Wildman–Crippen MR) is 74.7 cm³/mol. The molecule has 18 heavy (non-hydrogen) atoms. The summed E-state index contributed by atoms with van der Waals surface area (Å²) in [7, 11) is 0. The number of aryl methyl sites for hydroxylation is 1. The second-order valence-electron chi connectivity index (χ2n) is 4.45. The number of carbonyl (C=O) groups is 1. The fourth-order valence-electron chi connectivity index (χ4n) is 1.90. The van der Waals surface area contributed by atoms with Gasteiger partial charge in [-0.2, -0.15) is 0 Å². The molecule has 0 saturated carbocycles. The molecule has 92 valence electrons. The number of para-hydroxylation sites is 1. The van der Waals surface area contributed by atoms with Crippen molar-refractivity contribution in [1.29, 1.82) is 0 Å². The Labute approximate surface area is 108 Å². The molecule has 0 aliphatic heterocycles. The average molecular weight is 239 g/mol. The van der Waals surface area contributed by atoms with Crippen LogP contribution in [-0.4, -0.2) is 5.91 Å². The second kappa shape index (κ2) is 5.50. The molecule has 0 unspecified atom stereocenters. The van der Waals surface area contributed by atoms with Crippen LogP contribution in [0.2, 0.25) is 0 Å². The molecule has 2 nitrogen and oxygen atoms in total. The lowest BCUT2D eigenvalue weighted by Gasteiger charge is -2.09. The minimum Gasteiger partial charge on any atom is -0.326 e. The summed E-state index contributed by atoms with van der Waals surface area (Å²) in [5.41, 5.74) is 4.34. The molecular weight excluding hydrogens is 222 g/mol. The van der Waals surface area contributed by atoms with Crippen LogP contribution in [0.4, 0.5) is 5.69 Å². The van der Waals surface area contributed by atoms with Crippen LogP contribution in [0.25, 0.3) is 0 Å². The van der Waals surface area contributed by atoms with E-state index in [2.05, 4.69) is 25.2 Å². The van der Waals surface area contributed by atoms with Gasteiger partial charge in [-0.3, -0.25) is 4.79 Å². The van der Waals surface area contributed by atoms with Gasteiger partial charge in [-0.15, -0.1) is 0 Å². The maximum absolute atomic E-state index is 11.9. The first-order valence-electron chi connectivity index (χ1n) is 6.07. The third-order valence-electron chi connectivity index (χ3n) is 3.13. The van der Waals surface area contributed by atoms with E-state index < -0.39 is 0 Å². The number of nitrogens with one attached hydrogen (secondary N) is 1. The maximum Gasteiger partial charge on any atom is 0.228 e. The Balaban J connectivity index is 2.06. The third-order valence-corrected chi connectivity index (χ3v) is 3.13. The molecule has 0 heterocycles. The summed E-state index contributed by atoms with van der Waals surface area (Å²) in [4.78, 5) is 11.9. The molecule has 2 heteroatoms. The molecule has 0 saturated heterocycles. The van der Waals surface area contributed by atoms with Gasteiger partial charge < -0.3 is 5.32 Å². The molecule has 0 aromatic heterocycles. The first-order valence-corrected chi connectivity index (χ1v) is 6.07. The van der Waals surface area contributed by atoms with Gasteiger partial charge in [0.1, 0.15) is 0 Å². The highest BCUT2D eigenvalue weighted by Crippen LogP contribution is 2.14. The maximum atomic E-state index is 11.9. The van der Waals surface area contributed by atoms with Gasteiger partial charge in [0.2, 0.25) is 5.91 Å². The Kier molecular flexibility index (Phi) is 3.78. The van der Waals surface area contributed by atoms with E-state index >= 15 is 0 Å². The van der Waals surface area contributed by atoms with Gasteiger partial charge in [0, 0.05) is 5.69 Å². The number of hydrogen-bond acceptors (Lipinski definition) is 1. The van der Waals surface area contributed by atoms with Crippen LogP contribution in [0, 0.1) is 13.8 Å². The summed E-state index contributed by atoms with van der Waals surface area (Å²) >= 11 is 0. The number of anilines is 1. The highest BCUT2D eigenvalue weighted by Gasteiger charge is 2.07. The van der Waals surface area contributed by atoms with Crippen LogP contribution in [0.15, 0.2) is 48.5 Å². The smallest absolute Gasteiger partial charge is 0.228 e. The summed E-state index contributed by atoms with van der Waals surface area (Å²) in [5.74, 6) is 0.0231. The Hall–Kier alpha value is -2.09. The van der Waals surface area contributed by atoms with E-state index in [1.165, 1.54) is 11.1 Å². The zero-order valence-corrected chi connectivity index (χ0v) is 10.7. The fourth-order valence-corrected chi connectivity index (χ4v) is 1.90. The van der Waals surface area contributed by atoms with Crippen LogP contribution in [0.1, 0.15) is 16.7 Å². The molecule has 0 radical (unpaired) electrons. The van der Waals surface area contributed by atoms with Crippen LogP contribution < -0.4 is 5.32 Å². The minimum atomic E-state index is 0.0231. The lowest BCUT2D eigenvalue weighted by atomic mass is 10.0. The summed E-state index contributed by atoms with van der Waals surface area (Å²) < 4.78 is 0. The van der Waals surface area contributed by atoms with Crippen molar-refractivity contribution in [1.82, 2.24) is 0 Å². The summed E-state index contributed by atoms with van der Waals surface area (Å²) in [6.45, 7) is 4.12. The topological polar surface area (TPSA) is 29.1 Å². The number of carbonyl (C=O) groups excluding carboxylic acids is 1. The molecule has 1 N–H and O–H groups in total. The van der Waals surface area contributed by atoms with E-state index in [0.29, 0.717) is 6.42 Å². The molecule has 0 bridgehead atoms. The van der Waals surface area contributed by atoms with E-state index in [-0.39, 0.29) is 5.91 Å². The Morgan fingerprint density at radius 2 is 1.72 bits per heavy atom. The van der Waals surface area contributed by atoms with E-state index in [0.717, 1.165) is 11.3 Å². The van der Waals surface area contributed by atoms with Gasteiger partial charge in [0.05, 0.1) is 6.42 Å². The van der Waals surface area contributed by atoms with Gasteiger partial charge in [0.15, 0.2) is 0 Å². The molecule has 2 aromatic rings. The van der Waals surface area contributed by atoms with E-state index in [9.17, 15) is 4.79 Å². The van der Waals surface area contributed by atoms with Crippen molar-refractivity contribution in [2.75, 3.05) is 5.32 Å². The van der Waals surface area contributed by atoms with Crippen molar-refractivity contribution in [2.24, 2.45) is 0 Å². The van der Waals surface area contributed by atoms with Crippen molar-refractivity contribution in [3.8, 4) is 0 Å². The molecule has 1 amide bonds. The Morgan fingerprint density at radius 1 is 1.00 bits per heavy atom. The average Bonchev–Trinajstić information content (AvgIpc) is 2.36. The van der Waals surface area contributed by atoms with Crippen LogP contribution in [0.3, 0.4) is 0 Å². The van der Waals surface area contributed by atoms with E-state index in [1.807, 2.05) is 42.5 Å². The Bertz CT molecular complexity index is 546. The number of benzene rings is 2. The number of rotatable bonds is 3. The van der Waals surface area contributed by atoms with Crippen LogP contribution in [0.5, 0.6) is 0 Å². The lowest BCUT2D eigenvalue weighted by Crippen LogP contribution is -2.15. The molecule has 0 spiro atoms. The first-order chi connectivity index (χ1) is 8.66. The summed E-state index contributed by atoms with van der Waals surface area (Å²) in [6, 6.07) is 15.6. The van der Waals surface area contributed by atoms with Crippen molar-refractivity contribution in [2.45, 2.75) is 20.3 Å². The summed E-state index contributed by atoms with van der Waals surface area (Å²) in [5, 5.41) is 2.90. The summed E-state index contributed by atoms with van der Waals surface area (Å²) in [6.07, 6.45) is 0.419. The minimum absolute atomic E-state index is 0.0231. The zero-order chi connectivity index (χ0) is 13.0. The molecular formula is C16H17NO. The fraction of sp³-hybridized carbons (Fsp3) is 0.188. The number of amides is 1. The van der Waals surface area contributed by atoms with Gasteiger partial charge in [-0.05, 0) is 42.7 Å². The standard InChI is InChI=1S/C16H17NO/c1-12-7-6-8-14(13(12)2)11-16(18)17-15-9-4-3-5-10-15/h3-10H,11H2,1-2H3,(H,17,18). The third kappa shape index (κ3) is 2.98. The van der Waals surface area contributed by atoms with E-state index in [4.69, 9.17) is 0 Å². The highest BCUT2D eigenvalue weighted by atomic mass is 16.1. The highest BCUT2D eigenvalue weighted by molar-refractivity contribution is 5.92. The number of hydrogen-bond donors (Lipinski definition) is 1. The molecule has 0 aliphatic rings. The van der Waals surface area contributed by atoms with Gasteiger partial charge in [0.25, 0.3) is 0 Å². The van der Waals surface area contributed by atoms with E-state index in [1.54, 1.807) is 0 Å². The zero-order valence-electron chi connectivity index (χ0n) is 10.7. The monoisotopic (exact) mass is 239 g/mol. The second-order valence-corrected chi connectivity index (χ2v) is 4.45. The van der Waals surface area contributed by atoms with Gasteiger partial charge in [-0.25, -0.2) is 0 Å². The predicted octanol–water partition coefficient (Wildman–Crippen LogP) is 3.48. The first kappa shape index (κ1) is 12.4. The lowest BCUT2D eigenvalue weighted by molar-refractivity contribution is -0.115. The van der Waals surface area contributed by atoms with Crippen molar-refractivity contribution < 1.29 is 4.79 Å². The van der Waals surface area contributed by atoms with Gasteiger partial charge in [-0.1, -0.05) is 36.4 Å². The van der Waals surface area contributed by atoms with Crippen molar-refractivity contribution in [3.05, 3.63) is 65.2 Å². The van der Waals surface area contributed by atoms with Gasteiger partial charge >= 0.3 is 0 Å². The van der Waals surface area contributed by atoms with Crippen LogP contribution in [-0.2, 0) is 11.2 Å². The van der Waals surface area contributed by atoms with Crippen molar-refractivity contribution >= 4 is 11.6 Å². The van der Waals surface area contributed by atoms with Crippen molar-refractivity contribution in [3.63, 3.8) is 0 Å². The molecule has 2 aromatic carbocycles. The largest absolute Gasteiger partial charge is 0.326 e. The molecule has 0 atom stereocenters. The van der Waals surface area contributed by atoms with Crippen LogP contribution >= 0.6 is 0 Å².